The van der Waals surface area contributed by atoms with Gasteiger partial charge in [0.05, 0.1) is 0 Å². The van der Waals surface area contributed by atoms with Crippen LogP contribution in [0.4, 0.5) is 8.78 Å². The van der Waals surface area contributed by atoms with Crippen LogP contribution in [-0.2, 0) is 6.42 Å². The Morgan fingerprint density at radius 3 is 2.37 bits per heavy atom. The van der Waals surface area contributed by atoms with Gasteiger partial charge in [-0.25, -0.2) is 8.78 Å². The molecule has 94 valence electrons. The minimum atomic E-state index is -0.542. The van der Waals surface area contributed by atoms with Gasteiger partial charge in [0, 0.05) is 12.5 Å². The first-order chi connectivity index (χ1) is 9.24. The summed E-state index contributed by atoms with van der Waals surface area (Å²) in [4.78, 5) is 0. The highest BCUT2D eigenvalue weighted by Gasteiger charge is 2.07. The molecular weight excluding hydrogens is 242 g/mol. The molecular formula is C17H12F2. The molecule has 0 fully saturated rings. The molecule has 0 saturated carbocycles. The fourth-order valence-corrected chi connectivity index (χ4v) is 2.32. The van der Waals surface area contributed by atoms with E-state index in [4.69, 9.17) is 0 Å². The van der Waals surface area contributed by atoms with Crippen LogP contribution in [0.1, 0.15) is 11.1 Å². The van der Waals surface area contributed by atoms with Crippen molar-refractivity contribution in [2.75, 3.05) is 0 Å². The van der Waals surface area contributed by atoms with Gasteiger partial charge in [0.1, 0.15) is 11.6 Å². The lowest BCUT2D eigenvalue weighted by atomic mass is 9.98. The van der Waals surface area contributed by atoms with Crippen LogP contribution in [0.15, 0.2) is 60.7 Å². The summed E-state index contributed by atoms with van der Waals surface area (Å²) in [7, 11) is 0. The van der Waals surface area contributed by atoms with E-state index in [1.54, 1.807) is 0 Å². The molecule has 0 N–H and O–H groups in total. The second kappa shape index (κ2) is 4.81. The average molecular weight is 254 g/mol. The lowest BCUT2D eigenvalue weighted by Crippen LogP contribution is -1.94. The first kappa shape index (κ1) is 11.8. The van der Waals surface area contributed by atoms with Crippen molar-refractivity contribution >= 4 is 10.8 Å². The molecule has 0 aliphatic carbocycles. The highest BCUT2D eigenvalue weighted by atomic mass is 19.1. The molecule has 0 unspecified atom stereocenters. The van der Waals surface area contributed by atoms with Crippen LogP contribution in [0.25, 0.3) is 10.8 Å². The molecule has 0 saturated heterocycles. The zero-order valence-electron chi connectivity index (χ0n) is 10.2. The monoisotopic (exact) mass is 254 g/mol. The molecule has 0 aliphatic heterocycles. The summed E-state index contributed by atoms with van der Waals surface area (Å²) in [6.45, 7) is 0. The summed E-state index contributed by atoms with van der Waals surface area (Å²) in [5, 5.41) is 2.23. The molecule has 0 heterocycles. The largest absolute Gasteiger partial charge is 0.207 e. The van der Waals surface area contributed by atoms with Gasteiger partial charge < -0.3 is 0 Å². The van der Waals surface area contributed by atoms with E-state index in [1.165, 1.54) is 12.1 Å². The second-order valence-electron chi connectivity index (χ2n) is 4.55. The van der Waals surface area contributed by atoms with E-state index in [2.05, 4.69) is 0 Å². The third-order valence-corrected chi connectivity index (χ3v) is 3.28. The Hall–Kier alpha value is -2.22. The topological polar surface area (TPSA) is 0 Å². The van der Waals surface area contributed by atoms with E-state index in [-0.39, 0.29) is 0 Å². The lowest BCUT2D eigenvalue weighted by Gasteiger charge is -2.07. The Kier molecular flexibility index (Phi) is 3.00. The summed E-state index contributed by atoms with van der Waals surface area (Å²) in [6, 6.07) is 17.7. The molecule has 0 nitrogen and oxygen atoms in total. The Labute approximate surface area is 110 Å². The Balaban J connectivity index is 2.06. The van der Waals surface area contributed by atoms with Gasteiger partial charge in [-0.3, -0.25) is 0 Å². The van der Waals surface area contributed by atoms with Crippen molar-refractivity contribution in [3.05, 3.63) is 83.4 Å². The molecule has 0 aliphatic rings. The highest BCUT2D eigenvalue weighted by Crippen LogP contribution is 2.22. The minimum absolute atomic E-state index is 0.466. The number of hydrogen-bond acceptors (Lipinski definition) is 0. The first-order valence-corrected chi connectivity index (χ1v) is 6.14. The van der Waals surface area contributed by atoms with Crippen molar-refractivity contribution < 1.29 is 8.78 Å². The van der Waals surface area contributed by atoms with Crippen molar-refractivity contribution in [2.24, 2.45) is 0 Å². The normalized spacial score (nSPS) is 10.8. The minimum Gasteiger partial charge on any atom is -0.207 e. The van der Waals surface area contributed by atoms with Gasteiger partial charge in [-0.1, -0.05) is 48.5 Å². The van der Waals surface area contributed by atoms with E-state index in [9.17, 15) is 8.78 Å². The summed E-state index contributed by atoms with van der Waals surface area (Å²) >= 11 is 0. The Morgan fingerprint density at radius 1 is 0.737 bits per heavy atom. The number of hydrogen-bond donors (Lipinski definition) is 0. The van der Waals surface area contributed by atoms with Gasteiger partial charge in [0.2, 0.25) is 0 Å². The average Bonchev–Trinajstić information content (AvgIpc) is 2.42. The third-order valence-electron chi connectivity index (χ3n) is 3.28. The van der Waals surface area contributed by atoms with E-state index in [0.717, 1.165) is 22.4 Å². The molecule has 3 aromatic rings. The molecule has 3 rings (SSSR count). The van der Waals surface area contributed by atoms with Crippen LogP contribution in [-0.4, -0.2) is 0 Å². The van der Waals surface area contributed by atoms with E-state index >= 15 is 0 Å². The fourth-order valence-electron chi connectivity index (χ4n) is 2.32. The van der Waals surface area contributed by atoms with Gasteiger partial charge in [0.15, 0.2) is 0 Å². The molecule has 19 heavy (non-hydrogen) atoms. The van der Waals surface area contributed by atoms with Crippen LogP contribution < -0.4 is 0 Å². The van der Waals surface area contributed by atoms with Gasteiger partial charge in [-0.05, 0) is 28.0 Å². The molecule has 0 spiro atoms. The van der Waals surface area contributed by atoms with E-state index in [0.29, 0.717) is 12.0 Å². The number of fused-ring (bicyclic) bond motifs is 1. The third kappa shape index (κ3) is 2.34. The smallest absolute Gasteiger partial charge is 0.129 e. The van der Waals surface area contributed by atoms with Crippen LogP contribution in [0.5, 0.6) is 0 Å². The fraction of sp³-hybridized carbons (Fsp3) is 0.0588. The quantitative estimate of drug-likeness (QED) is 0.621. The van der Waals surface area contributed by atoms with Crippen LogP contribution >= 0.6 is 0 Å². The van der Waals surface area contributed by atoms with Gasteiger partial charge in [-0.15, -0.1) is 0 Å². The summed E-state index contributed by atoms with van der Waals surface area (Å²) in [5.74, 6) is -1.04. The lowest BCUT2D eigenvalue weighted by molar-refractivity contribution is 0.575. The van der Waals surface area contributed by atoms with Crippen molar-refractivity contribution in [2.45, 2.75) is 6.42 Å². The molecule has 0 atom stereocenters. The maximum absolute atomic E-state index is 13.7. The molecule has 0 bridgehead atoms. The van der Waals surface area contributed by atoms with Gasteiger partial charge >= 0.3 is 0 Å². The van der Waals surface area contributed by atoms with Crippen molar-refractivity contribution in [3.8, 4) is 0 Å². The summed E-state index contributed by atoms with van der Waals surface area (Å²) in [5.41, 5.74) is 1.56. The highest BCUT2D eigenvalue weighted by molar-refractivity contribution is 5.85. The molecule has 0 aromatic heterocycles. The van der Waals surface area contributed by atoms with Crippen LogP contribution in [0.3, 0.4) is 0 Å². The number of rotatable bonds is 2. The van der Waals surface area contributed by atoms with E-state index in [1.807, 2.05) is 42.5 Å². The maximum Gasteiger partial charge on any atom is 0.129 e. The van der Waals surface area contributed by atoms with Crippen molar-refractivity contribution in [3.63, 3.8) is 0 Å². The predicted octanol–water partition coefficient (Wildman–Crippen LogP) is 4.71. The molecule has 0 radical (unpaired) electrons. The summed E-state index contributed by atoms with van der Waals surface area (Å²) in [6.07, 6.45) is 0.466. The van der Waals surface area contributed by atoms with Crippen molar-refractivity contribution in [1.82, 2.24) is 0 Å². The predicted molar refractivity (Wildman–Crippen MR) is 73.1 cm³/mol. The Bertz CT molecular complexity index is 727. The van der Waals surface area contributed by atoms with Gasteiger partial charge in [0.25, 0.3) is 0 Å². The van der Waals surface area contributed by atoms with Crippen LogP contribution in [0.2, 0.25) is 0 Å². The second-order valence-corrected chi connectivity index (χ2v) is 4.55. The van der Waals surface area contributed by atoms with Crippen molar-refractivity contribution in [1.29, 1.82) is 0 Å². The maximum atomic E-state index is 13.7. The van der Waals surface area contributed by atoms with Crippen LogP contribution in [0, 0.1) is 11.6 Å². The van der Waals surface area contributed by atoms with Gasteiger partial charge in [-0.2, -0.15) is 0 Å². The Morgan fingerprint density at radius 2 is 1.53 bits per heavy atom. The zero-order valence-corrected chi connectivity index (χ0v) is 10.2. The standard InChI is InChI=1S/C17H12F2/c18-15-9-8-14(17(19)11-15)10-13-6-3-5-12-4-1-2-7-16(12)13/h1-9,11H,10H2. The zero-order chi connectivity index (χ0) is 13.2. The summed E-state index contributed by atoms with van der Waals surface area (Å²) < 4.78 is 26.6. The first-order valence-electron chi connectivity index (χ1n) is 6.14. The molecule has 0 amide bonds. The molecule has 2 heteroatoms. The van der Waals surface area contributed by atoms with E-state index < -0.39 is 11.6 Å². The SMILES string of the molecule is Fc1ccc(Cc2cccc3ccccc23)c(F)c1. The number of benzene rings is 3. The number of halogens is 2. The molecule has 3 aromatic carbocycles.